The van der Waals surface area contributed by atoms with E-state index < -0.39 is 0 Å². The van der Waals surface area contributed by atoms with Gasteiger partial charge in [0.15, 0.2) is 5.84 Å². The van der Waals surface area contributed by atoms with E-state index in [1.807, 2.05) is 60.7 Å². The van der Waals surface area contributed by atoms with Crippen LogP contribution in [0.4, 0.5) is 11.4 Å². The number of pyridine rings is 1. The van der Waals surface area contributed by atoms with E-state index in [0.717, 1.165) is 11.4 Å². The summed E-state index contributed by atoms with van der Waals surface area (Å²) in [6, 6.07) is 24.2. The van der Waals surface area contributed by atoms with Gasteiger partial charge >= 0.3 is 0 Å². The highest BCUT2D eigenvalue weighted by atomic mass is 16.2. The van der Waals surface area contributed by atoms with Crippen molar-refractivity contribution in [2.24, 2.45) is 10.1 Å². The standard InChI is InChI=1S/C20H17N5O/c26-20(18-13-7-8-14-21-18)25-22-15-19(23-16-9-3-1-4-10-16)24-17-11-5-2-6-12-17/h1-15H,(H,23,24)(H,25,26). The van der Waals surface area contributed by atoms with Crippen molar-refractivity contribution in [2.75, 3.05) is 5.32 Å². The highest BCUT2D eigenvalue weighted by Crippen LogP contribution is 2.11. The Hall–Kier alpha value is -3.80. The van der Waals surface area contributed by atoms with Gasteiger partial charge in [-0.25, -0.2) is 10.4 Å². The Bertz CT molecular complexity index is 893. The number of carbonyl (C=O) groups is 1. The van der Waals surface area contributed by atoms with E-state index in [1.165, 1.54) is 6.21 Å². The average molecular weight is 343 g/mol. The highest BCUT2D eigenvalue weighted by Gasteiger charge is 2.04. The molecule has 2 N–H and O–H groups in total. The van der Waals surface area contributed by atoms with Crippen molar-refractivity contribution in [3.8, 4) is 0 Å². The molecule has 0 saturated carbocycles. The number of benzene rings is 2. The molecule has 0 radical (unpaired) electrons. The van der Waals surface area contributed by atoms with Crippen LogP contribution in [0.3, 0.4) is 0 Å². The van der Waals surface area contributed by atoms with Crippen LogP contribution < -0.4 is 10.7 Å². The molecule has 0 saturated heterocycles. The first kappa shape index (κ1) is 17.0. The lowest BCUT2D eigenvalue weighted by Gasteiger charge is -2.06. The maximum absolute atomic E-state index is 12.0. The molecule has 26 heavy (non-hydrogen) atoms. The molecule has 6 heteroatoms. The summed E-state index contributed by atoms with van der Waals surface area (Å²) >= 11 is 0. The van der Waals surface area contributed by atoms with Gasteiger partial charge in [0.1, 0.15) is 5.69 Å². The second kappa shape index (κ2) is 8.89. The van der Waals surface area contributed by atoms with E-state index in [1.54, 1.807) is 24.4 Å². The molecule has 3 aromatic rings. The third kappa shape index (κ3) is 5.10. The summed E-state index contributed by atoms with van der Waals surface area (Å²) in [5.74, 6) is 0.101. The summed E-state index contributed by atoms with van der Waals surface area (Å²) in [4.78, 5) is 20.5. The zero-order chi connectivity index (χ0) is 18.0. The summed E-state index contributed by atoms with van der Waals surface area (Å²) in [7, 11) is 0. The van der Waals surface area contributed by atoms with Crippen molar-refractivity contribution in [2.45, 2.75) is 0 Å². The van der Waals surface area contributed by atoms with Crippen molar-refractivity contribution < 1.29 is 4.79 Å². The average Bonchev–Trinajstić information content (AvgIpc) is 2.70. The third-order valence-electron chi connectivity index (χ3n) is 3.30. The fraction of sp³-hybridized carbons (Fsp3) is 0. The number of amidine groups is 1. The van der Waals surface area contributed by atoms with Crippen molar-refractivity contribution in [1.29, 1.82) is 0 Å². The molecule has 0 fully saturated rings. The topological polar surface area (TPSA) is 78.7 Å². The first-order valence-corrected chi connectivity index (χ1v) is 8.01. The Labute approximate surface area is 151 Å². The molecule has 1 heterocycles. The fourth-order valence-electron chi connectivity index (χ4n) is 2.11. The van der Waals surface area contributed by atoms with Crippen molar-refractivity contribution in [3.05, 3.63) is 90.8 Å². The molecule has 0 bridgehead atoms. The van der Waals surface area contributed by atoms with Crippen LogP contribution in [0.25, 0.3) is 0 Å². The largest absolute Gasteiger partial charge is 0.339 e. The number of amides is 1. The van der Waals surface area contributed by atoms with Crippen LogP contribution in [0, 0.1) is 0 Å². The SMILES string of the molecule is O=C(NN=CC(=Nc1ccccc1)Nc1ccccc1)c1ccccn1. The zero-order valence-corrected chi connectivity index (χ0v) is 13.9. The molecule has 1 amide bonds. The quantitative estimate of drug-likeness (QED) is 0.422. The first-order chi connectivity index (χ1) is 12.8. The normalized spacial score (nSPS) is 11.3. The summed E-state index contributed by atoms with van der Waals surface area (Å²) in [6.45, 7) is 0. The lowest BCUT2D eigenvalue weighted by Crippen LogP contribution is -2.21. The Balaban J connectivity index is 1.75. The number of nitrogens with one attached hydrogen (secondary N) is 2. The zero-order valence-electron chi connectivity index (χ0n) is 13.9. The third-order valence-corrected chi connectivity index (χ3v) is 3.30. The van der Waals surface area contributed by atoms with E-state index in [2.05, 4.69) is 25.8 Å². The molecule has 0 unspecified atom stereocenters. The maximum Gasteiger partial charge on any atom is 0.289 e. The number of aromatic nitrogens is 1. The summed E-state index contributed by atoms with van der Waals surface area (Å²) in [6.07, 6.45) is 3.01. The predicted octanol–water partition coefficient (Wildman–Crippen LogP) is 3.64. The van der Waals surface area contributed by atoms with E-state index in [4.69, 9.17) is 0 Å². The van der Waals surface area contributed by atoms with Crippen LogP contribution in [0.2, 0.25) is 0 Å². The molecule has 0 aliphatic carbocycles. The molecule has 0 aliphatic rings. The van der Waals surface area contributed by atoms with Crippen LogP contribution in [-0.2, 0) is 0 Å². The van der Waals surface area contributed by atoms with E-state index in [9.17, 15) is 4.79 Å². The summed E-state index contributed by atoms with van der Waals surface area (Å²) in [5, 5.41) is 7.16. The lowest BCUT2D eigenvalue weighted by atomic mass is 10.3. The van der Waals surface area contributed by atoms with E-state index in [-0.39, 0.29) is 5.91 Å². The summed E-state index contributed by atoms with van der Waals surface area (Å²) < 4.78 is 0. The van der Waals surface area contributed by atoms with Gasteiger partial charge < -0.3 is 5.32 Å². The number of rotatable bonds is 5. The van der Waals surface area contributed by atoms with Crippen LogP contribution in [-0.4, -0.2) is 22.9 Å². The van der Waals surface area contributed by atoms with Gasteiger partial charge in [0.25, 0.3) is 5.91 Å². The monoisotopic (exact) mass is 343 g/mol. The highest BCUT2D eigenvalue weighted by molar-refractivity contribution is 6.35. The van der Waals surface area contributed by atoms with E-state index >= 15 is 0 Å². The van der Waals surface area contributed by atoms with Gasteiger partial charge in [-0.1, -0.05) is 42.5 Å². The first-order valence-electron chi connectivity index (χ1n) is 8.01. The minimum atomic E-state index is -0.388. The Kier molecular flexibility index (Phi) is 5.82. The molecule has 2 aromatic carbocycles. The second-order valence-electron chi connectivity index (χ2n) is 5.24. The van der Waals surface area contributed by atoms with Crippen molar-refractivity contribution >= 4 is 29.3 Å². The van der Waals surface area contributed by atoms with Crippen LogP contribution in [0.1, 0.15) is 10.5 Å². The number of aliphatic imine (C=N–C) groups is 1. The van der Waals surface area contributed by atoms with Gasteiger partial charge in [-0.15, -0.1) is 0 Å². The van der Waals surface area contributed by atoms with Gasteiger partial charge in [0.05, 0.1) is 11.9 Å². The van der Waals surface area contributed by atoms with E-state index in [0.29, 0.717) is 11.5 Å². The molecule has 0 spiro atoms. The molecular formula is C20H17N5O. The Morgan fingerprint density at radius 1 is 0.885 bits per heavy atom. The van der Waals surface area contributed by atoms with Crippen molar-refractivity contribution in [1.82, 2.24) is 10.4 Å². The molecule has 6 nitrogen and oxygen atoms in total. The van der Waals surface area contributed by atoms with Gasteiger partial charge in [-0.3, -0.25) is 9.78 Å². The minimum Gasteiger partial charge on any atom is -0.339 e. The van der Waals surface area contributed by atoms with Gasteiger partial charge in [-0.05, 0) is 36.4 Å². The molecule has 1 aromatic heterocycles. The Morgan fingerprint density at radius 3 is 2.27 bits per heavy atom. The van der Waals surface area contributed by atoms with Gasteiger partial charge in [0.2, 0.25) is 0 Å². The fourth-order valence-corrected chi connectivity index (χ4v) is 2.11. The number of hydrogen-bond acceptors (Lipinski definition) is 4. The molecular weight excluding hydrogens is 326 g/mol. The predicted molar refractivity (Wildman–Crippen MR) is 104 cm³/mol. The van der Waals surface area contributed by atoms with Crippen LogP contribution >= 0.6 is 0 Å². The van der Waals surface area contributed by atoms with Gasteiger partial charge in [0, 0.05) is 11.9 Å². The number of anilines is 1. The van der Waals surface area contributed by atoms with Gasteiger partial charge in [-0.2, -0.15) is 5.10 Å². The smallest absolute Gasteiger partial charge is 0.289 e. The number of hydrogen-bond donors (Lipinski definition) is 2. The molecule has 0 aliphatic heterocycles. The summed E-state index contributed by atoms with van der Waals surface area (Å²) in [5.41, 5.74) is 4.38. The number of carbonyl (C=O) groups excluding carboxylic acids is 1. The van der Waals surface area contributed by atoms with Crippen molar-refractivity contribution in [3.63, 3.8) is 0 Å². The van der Waals surface area contributed by atoms with Crippen LogP contribution in [0.5, 0.6) is 0 Å². The lowest BCUT2D eigenvalue weighted by molar-refractivity contribution is 0.0950. The number of para-hydroxylation sites is 2. The number of nitrogens with zero attached hydrogens (tertiary/aromatic N) is 3. The minimum absolute atomic E-state index is 0.294. The number of hydrazone groups is 1. The molecule has 3 rings (SSSR count). The Morgan fingerprint density at radius 2 is 1.58 bits per heavy atom. The molecule has 128 valence electrons. The maximum atomic E-state index is 12.0. The van der Waals surface area contributed by atoms with Crippen LogP contribution in [0.15, 0.2) is 95.2 Å². The second-order valence-corrected chi connectivity index (χ2v) is 5.24. The molecule has 0 atom stereocenters.